The van der Waals surface area contributed by atoms with Crippen molar-refractivity contribution in [2.75, 3.05) is 44.4 Å². The van der Waals surface area contributed by atoms with Gasteiger partial charge in [0, 0.05) is 31.0 Å². The fourth-order valence-corrected chi connectivity index (χ4v) is 3.69. The molecule has 5 N–H and O–H groups in total. The van der Waals surface area contributed by atoms with E-state index in [0.717, 1.165) is 31.7 Å². The number of nitrogen functional groups attached to an aromatic ring is 1. The zero-order valence-corrected chi connectivity index (χ0v) is 16.9. The van der Waals surface area contributed by atoms with Gasteiger partial charge in [-0.3, -0.25) is 9.59 Å². The van der Waals surface area contributed by atoms with E-state index in [2.05, 4.69) is 29.2 Å². The van der Waals surface area contributed by atoms with Crippen molar-refractivity contribution in [3.8, 4) is 0 Å². The number of hydrogen-bond acceptors (Lipinski definition) is 5. The van der Waals surface area contributed by atoms with Crippen LogP contribution in [-0.2, 0) is 4.79 Å². The van der Waals surface area contributed by atoms with Crippen molar-refractivity contribution in [2.45, 2.75) is 32.7 Å². The third-order valence-electron chi connectivity index (χ3n) is 5.05. The largest absolute Gasteiger partial charge is 0.398 e. The van der Waals surface area contributed by atoms with Gasteiger partial charge in [0.25, 0.3) is 5.91 Å². The lowest BCUT2D eigenvalue weighted by Gasteiger charge is -2.36. The summed E-state index contributed by atoms with van der Waals surface area (Å²) in [5.41, 5.74) is 13.2. The lowest BCUT2D eigenvalue weighted by atomic mass is 9.96. The molecule has 1 heterocycles. The third-order valence-corrected chi connectivity index (χ3v) is 5.05. The number of nitrogens with zero attached hydrogens (tertiary/aromatic N) is 2. The molecule has 2 amide bonds. The first-order chi connectivity index (χ1) is 12.7. The summed E-state index contributed by atoms with van der Waals surface area (Å²) in [4.78, 5) is 28.8. The molecule has 1 saturated heterocycles. The van der Waals surface area contributed by atoms with Crippen LogP contribution in [0, 0.1) is 11.8 Å². The summed E-state index contributed by atoms with van der Waals surface area (Å²) in [6.45, 7) is 6.65. The average Bonchev–Trinajstić information content (AvgIpc) is 2.59. The Morgan fingerprint density at radius 1 is 1.33 bits per heavy atom. The molecule has 0 radical (unpaired) electrons. The Morgan fingerprint density at radius 3 is 2.63 bits per heavy atom. The van der Waals surface area contributed by atoms with Gasteiger partial charge < -0.3 is 26.6 Å². The normalized spacial score (nSPS) is 18.6. The van der Waals surface area contributed by atoms with Crippen LogP contribution in [0.1, 0.15) is 37.0 Å². The number of hydrogen-bond donors (Lipinski definition) is 3. The van der Waals surface area contributed by atoms with Crippen molar-refractivity contribution >= 4 is 23.2 Å². The molecule has 0 aliphatic carbocycles. The monoisotopic (exact) mass is 375 g/mol. The minimum Gasteiger partial charge on any atom is -0.398 e. The zero-order valence-electron chi connectivity index (χ0n) is 16.9. The molecule has 1 aliphatic rings. The van der Waals surface area contributed by atoms with Crippen molar-refractivity contribution in [1.29, 1.82) is 0 Å². The Balaban J connectivity index is 2.17. The van der Waals surface area contributed by atoms with E-state index in [4.69, 9.17) is 11.5 Å². The molecule has 1 aliphatic heterocycles. The SMILES string of the molecule is CC(C)C(NC(=O)c1cc(N2CCCC(CN(C)C)C2)ccc1N)C(N)=O. The highest BCUT2D eigenvalue weighted by molar-refractivity contribution is 6.02. The molecule has 2 rings (SSSR count). The van der Waals surface area contributed by atoms with Crippen LogP contribution in [0.25, 0.3) is 0 Å². The summed E-state index contributed by atoms with van der Waals surface area (Å²) in [7, 11) is 4.18. The van der Waals surface area contributed by atoms with E-state index in [-0.39, 0.29) is 11.8 Å². The number of anilines is 2. The minimum absolute atomic E-state index is 0.0928. The second-order valence-corrected chi connectivity index (χ2v) is 8.09. The van der Waals surface area contributed by atoms with E-state index in [1.165, 1.54) is 6.42 Å². The molecule has 2 unspecified atom stereocenters. The van der Waals surface area contributed by atoms with Gasteiger partial charge in [-0.15, -0.1) is 0 Å². The molecule has 1 fully saturated rings. The first-order valence-electron chi connectivity index (χ1n) is 9.58. The molecular formula is C20H33N5O2. The lowest BCUT2D eigenvalue weighted by Crippen LogP contribution is -2.47. The van der Waals surface area contributed by atoms with Crippen LogP contribution in [0.5, 0.6) is 0 Å². The molecule has 7 nitrogen and oxygen atoms in total. The van der Waals surface area contributed by atoms with Gasteiger partial charge in [-0.05, 0) is 57.0 Å². The number of carbonyl (C=O) groups is 2. The smallest absolute Gasteiger partial charge is 0.254 e. The van der Waals surface area contributed by atoms with Gasteiger partial charge in [0.05, 0.1) is 5.56 Å². The van der Waals surface area contributed by atoms with Crippen molar-refractivity contribution in [3.05, 3.63) is 23.8 Å². The standard InChI is InChI=1S/C20H33N5O2/c1-13(2)18(19(22)26)23-20(27)16-10-15(7-8-17(16)21)25-9-5-6-14(12-25)11-24(3)4/h7-8,10,13-14,18H,5-6,9,11-12,21H2,1-4H3,(H2,22,26)(H,23,27). The van der Waals surface area contributed by atoms with E-state index < -0.39 is 11.9 Å². The molecule has 1 aromatic rings. The predicted octanol–water partition coefficient (Wildman–Crippen LogP) is 1.29. The molecule has 0 spiro atoms. The molecular weight excluding hydrogens is 342 g/mol. The summed E-state index contributed by atoms with van der Waals surface area (Å²) >= 11 is 0. The first kappa shape index (κ1) is 21.0. The summed E-state index contributed by atoms with van der Waals surface area (Å²) in [5.74, 6) is -0.405. The Morgan fingerprint density at radius 2 is 2.04 bits per heavy atom. The van der Waals surface area contributed by atoms with Crippen molar-refractivity contribution in [3.63, 3.8) is 0 Å². The van der Waals surface area contributed by atoms with Gasteiger partial charge in [0.2, 0.25) is 5.91 Å². The Kier molecular flexibility index (Phi) is 7.07. The Hall–Kier alpha value is -2.28. The molecule has 0 saturated carbocycles. The molecule has 1 aromatic carbocycles. The van der Waals surface area contributed by atoms with E-state index in [1.807, 2.05) is 26.0 Å². The lowest BCUT2D eigenvalue weighted by molar-refractivity contribution is -0.120. The number of piperidine rings is 1. The fraction of sp³-hybridized carbons (Fsp3) is 0.600. The van der Waals surface area contributed by atoms with Gasteiger partial charge in [-0.25, -0.2) is 0 Å². The maximum Gasteiger partial charge on any atom is 0.254 e. The summed E-state index contributed by atoms with van der Waals surface area (Å²) in [6.07, 6.45) is 2.34. The van der Waals surface area contributed by atoms with Crippen molar-refractivity contribution < 1.29 is 9.59 Å². The third kappa shape index (κ3) is 5.60. The maximum atomic E-state index is 12.7. The van der Waals surface area contributed by atoms with Gasteiger partial charge in [-0.1, -0.05) is 13.8 Å². The summed E-state index contributed by atoms with van der Waals surface area (Å²) < 4.78 is 0. The molecule has 27 heavy (non-hydrogen) atoms. The number of amides is 2. The summed E-state index contributed by atoms with van der Waals surface area (Å²) in [6, 6.07) is 4.81. The van der Waals surface area contributed by atoms with Crippen molar-refractivity contribution in [1.82, 2.24) is 10.2 Å². The quantitative estimate of drug-likeness (QED) is 0.623. The highest BCUT2D eigenvalue weighted by Crippen LogP contribution is 2.27. The second kappa shape index (κ2) is 9.08. The van der Waals surface area contributed by atoms with Crippen LogP contribution < -0.4 is 21.7 Å². The van der Waals surface area contributed by atoms with Crippen LogP contribution in [0.3, 0.4) is 0 Å². The van der Waals surface area contributed by atoms with E-state index in [0.29, 0.717) is 17.2 Å². The van der Waals surface area contributed by atoms with Crippen LogP contribution in [0.4, 0.5) is 11.4 Å². The van der Waals surface area contributed by atoms with Crippen LogP contribution in [0.2, 0.25) is 0 Å². The number of primary amides is 1. The fourth-order valence-electron chi connectivity index (χ4n) is 3.69. The minimum atomic E-state index is -0.722. The topological polar surface area (TPSA) is 105 Å². The number of rotatable bonds is 7. The highest BCUT2D eigenvalue weighted by atomic mass is 16.2. The van der Waals surface area contributed by atoms with Gasteiger partial charge >= 0.3 is 0 Å². The zero-order chi connectivity index (χ0) is 20.1. The van der Waals surface area contributed by atoms with Crippen LogP contribution >= 0.6 is 0 Å². The molecule has 150 valence electrons. The average molecular weight is 376 g/mol. The second-order valence-electron chi connectivity index (χ2n) is 8.09. The van der Waals surface area contributed by atoms with Gasteiger partial charge in [-0.2, -0.15) is 0 Å². The molecule has 7 heteroatoms. The first-order valence-corrected chi connectivity index (χ1v) is 9.58. The number of benzene rings is 1. The van der Waals surface area contributed by atoms with Gasteiger partial charge in [0.1, 0.15) is 6.04 Å². The van der Waals surface area contributed by atoms with Crippen LogP contribution in [0.15, 0.2) is 18.2 Å². The van der Waals surface area contributed by atoms with Crippen molar-refractivity contribution in [2.24, 2.45) is 17.6 Å². The molecule has 0 bridgehead atoms. The number of nitrogens with one attached hydrogen (secondary N) is 1. The van der Waals surface area contributed by atoms with E-state index in [1.54, 1.807) is 6.07 Å². The van der Waals surface area contributed by atoms with E-state index in [9.17, 15) is 9.59 Å². The van der Waals surface area contributed by atoms with E-state index >= 15 is 0 Å². The Bertz CT molecular complexity index is 674. The Labute approximate surface area is 162 Å². The number of carbonyl (C=O) groups excluding carboxylic acids is 2. The van der Waals surface area contributed by atoms with Crippen LogP contribution in [-0.4, -0.2) is 56.5 Å². The predicted molar refractivity (Wildman–Crippen MR) is 110 cm³/mol. The molecule has 2 atom stereocenters. The number of nitrogens with two attached hydrogens (primary N) is 2. The van der Waals surface area contributed by atoms with Gasteiger partial charge in [0.15, 0.2) is 0 Å². The highest BCUT2D eigenvalue weighted by Gasteiger charge is 2.25. The summed E-state index contributed by atoms with van der Waals surface area (Å²) in [5, 5.41) is 2.72. The molecule has 0 aromatic heterocycles. The maximum absolute atomic E-state index is 12.7.